The van der Waals surface area contributed by atoms with Gasteiger partial charge in [0, 0.05) is 31.7 Å². The van der Waals surface area contributed by atoms with Crippen LogP contribution >= 0.6 is 0 Å². The van der Waals surface area contributed by atoms with E-state index in [9.17, 15) is 14.4 Å². The molecular formula is C18H25N3O3. The Hall–Kier alpha value is -2.37. The summed E-state index contributed by atoms with van der Waals surface area (Å²) >= 11 is 0. The van der Waals surface area contributed by atoms with Crippen LogP contribution in [-0.4, -0.2) is 42.3 Å². The molecule has 1 aromatic rings. The van der Waals surface area contributed by atoms with Crippen LogP contribution in [0.2, 0.25) is 0 Å². The van der Waals surface area contributed by atoms with Gasteiger partial charge in [-0.2, -0.15) is 0 Å². The smallest absolute Gasteiger partial charge is 0.313 e. The molecule has 6 heteroatoms. The van der Waals surface area contributed by atoms with Crippen LogP contribution in [-0.2, 0) is 14.4 Å². The molecule has 3 amide bonds. The molecule has 130 valence electrons. The molecule has 0 aliphatic carbocycles. The highest BCUT2D eigenvalue weighted by molar-refractivity contribution is 6.39. The highest BCUT2D eigenvalue weighted by Crippen LogP contribution is 2.21. The standard InChI is InChI=1S/C18H25N3O3/c1-12-10-13(2)16(14(3)11-12)20-18(24)17(23)19-7-5-9-21-8-4-6-15(21)22/h10-11H,4-9H2,1-3H3,(H,19,23)(H,20,24). The lowest BCUT2D eigenvalue weighted by atomic mass is 10.1. The Bertz CT molecular complexity index is 632. The van der Waals surface area contributed by atoms with Crippen LogP contribution in [0.15, 0.2) is 12.1 Å². The van der Waals surface area contributed by atoms with E-state index in [1.165, 1.54) is 0 Å². The quantitative estimate of drug-likeness (QED) is 0.636. The zero-order valence-electron chi connectivity index (χ0n) is 14.6. The number of nitrogens with zero attached hydrogens (tertiary/aromatic N) is 1. The third kappa shape index (κ3) is 4.57. The van der Waals surface area contributed by atoms with Gasteiger partial charge in [0.2, 0.25) is 5.91 Å². The van der Waals surface area contributed by atoms with Gasteiger partial charge in [-0.15, -0.1) is 0 Å². The number of carbonyl (C=O) groups is 3. The van der Waals surface area contributed by atoms with Gasteiger partial charge in [-0.05, 0) is 44.7 Å². The van der Waals surface area contributed by atoms with Gasteiger partial charge in [0.05, 0.1) is 0 Å². The van der Waals surface area contributed by atoms with E-state index >= 15 is 0 Å². The van der Waals surface area contributed by atoms with Crippen molar-refractivity contribution in [2.75, 3.05) is 25.0 Å². The Morgan fingerprint density at radius 1 is 1.12 bits per heavy atom. The predicted octanol–water partition coefficient (Wildman–Crippen LogP) is 1.68. The molecule has 0 atom stereocenters. The van der Waals surface area contributed by atoms with Crippen molar-refractivity contribution in [2.24, 2.45) is 0 Å². The minimum absolute atomic E-state index is 0.171. The van der Waals surface area contributed by atoms with Crippen molar-refractivity contribution in [3.63, 3.8) is 0 Å². The molecule has 0 aromatic heterocycles. The van der Waals surface area contributed by atoms with Crippen LogP contribution in [0.3, 0.4) is 0 Å². The molecule has 0 saturated carbocycles. The number of carbonyl (C=O) groups excluding carboxylic acids is 3. The van der Waals surface area contributed by atoms with Crippen molar-refractivity contribution in [2.45, 2.75) is 40.0 Å². The number of benzene rings is 1. The number of hydrogen-bond donors (Lipinski definition) is 2. The van der Waals surface area contributed by atoms with E-state index in [0.717, 1.165) is 29.7 Å². The number of likely N-dealkylation sites (tertiary alicyclic amines) is 1. The van der Waals surface area contributed by atoms with E-state index < -0.39 is 11.8 Å². The third-order valence-corrected chi connectivity index (χ3v) is 4.18. The van der Waals surface area contributed by atoms with E-state index in [1.807, 2.05) is 32.9 Å². The maximum absolute atomic E-state index is 12.0. The topological polar surface area (TPSA) is 78.5 Å². The zero-order chi connectivity index (χ0) is 17.7. The van der Waals surface area contributed by atoms with Gasteiger partial charge >= 0.3 is 11.8 Å². The zero-order valence-corrected chi connectivity index (χ0v) is 14.6. The number of nitrogens with one attached hydrogen (secondary N) is 2. The van der Waals surface area contributed by atoms with E-state index in [1.54, 1.807) is 4.90 Å². The number of hydrogen-bond acceptors (Lipinski definition) is 3. The molecule has 1 aromatic carbocycles. The second-order valence-electron chi connectivity index (χ2n) is 6.32. The largest absolute Gasteiger partial charge is 0.348 e. The van der Waals surface area contributed by atoms with Crippen LogP contribution in [0.4, 0.5) is 5.69 Å². The number of amides is 3. The van der Waals surface area contributed by atoms with Gasteiger partial charge in [-0.3, -0.25) is 14.4 Å². The lowest BCUT2D eigenvalue weighted by molar-refractivity contribution is -0.136. The van der Waals surface area contributed by atoms with Crippen LogP contribution in [0, 0.1) is 20.8 Å². The Morgan fingerprint density at radius 2 is 1.79 bits per heavy atom. The molecule has 0 spiro atoms. The summed E-state index contributed by atoms with van der Waals surface area (Å²) in [5.74, 6) is -1.14. The highest BCUT2D eigenvalue weighted by atomic mass is 16.2. The van der Waals surface area contributed by atoms with Crippen LogP contribution in [0.25, 0.3) is 0 Å². The van der Waals surface area contributed by atoms with Gasteiger partial charge in [0.1, 0.15) is 0 Å². The number of aryl methyl sites for hydroxylation is 3. The molecule has 0 radical (unpaired) electrons. The molecule has 1 saturated heterocycles. The molecule has 1 heterocycles. The van der Waals surface area contributed by atoms with Crippen molar-refractivity contribution in [1.29, 1.82) is 0 Å². The molecular weight excluding hydrogens is 306 g/mol. The van der Waals surface area contributed by atoms with Crippen molar-refractivity contribution in [1.82, 2.24) is 10.2 Å². The second kappa shape index (κ2) is 7.95. The molecule has 1 aliphatic rings. The molecule has 1 aliphatic heterocycles. The Kier molecular flexibility index (Phi) is 5.95. The summed E-state index contributed by atoms with van der Waals surface area (Å²) in [5.41, 5.74) is 3.66. The monoisotopic (exact) mass is 331 g/mol. The maximum atomic E-state index is 12.0. The average molecular weight is 331 g/mol. The minimum Gasteiger partial charge on any atom is -0.348 e. The van der Waals surface area contributed by atoms with Crippen molar-refractivity contribution in [3.05, 3.63) is 28.8 Å². The third-order valence-electron chi connectivity index (χ3n) is 4.18. The van der Waals surface area contributed by atoms with Gasteiger partial charge in [0.25, 0.3) is 0 Å². The summed E-state index contributed by atoms with van der Waals surface area (Å²) in [4.78, 5) is 37.2. The number of anilines is 1. The Labute approximate surface area is 142 Å². The SMILES string of the molecule is Cc1cc(C)c(NC(=O)C(=O)NCCCN2CCCC2=O)c(C)c1. The van der Waals surface area contributed by atoms with E-state index in [4.69, 9.17) is 0 Å². The molecule has 0 bridgehead atoms. The van der Waals surface area contributed by atoms with Crippen LogP contribution in [0.1, 0.15) is 36.0 Å². The summed E-state index contributed by atoms with van der Waals surface area (Å²) in [6.45, 7) is 7.59. The fraction of sp³-hybridized carbons (Fsp3) is 0.500. The first-order valence-electron chi connectivity index (χ1n) is 8.33. The molecule has 1 fully saturated rings. The summed E-state index contributed by atoms with van der Waals surface area (Å²) in [6.07, 6.45) is 2.17. The summed E-state index contributed by atoms with van der Waals surface area (Å²) in [6, 6.07) is 3.93. The fourth-order valence-electron chi connectivity index (χ4n) is 3.04. The normalized spacial score (nSPS) is 14.0. The molecule has 6 nitrogen and oxygen atoms in total. The van der Waals surface area contributed by atoms with Crippen molar-refractivity contribution >= 4 is 23.4 Å². The lowest BCUT2D eigenvalue weighted by Gasteiger charge is -2.15. The first kappa shape index (κ1) is 18.0. The molecule has 24 heavy (non-hydrogen) atoms. The first-order chi connectivity index (χ1) is 11.4. The van der Waals surface area contributed by atoms with Gasteiger partial charge in [-0.1, -0.05) is 17.7 Å². The predicted molar refractivity (Wildman–Crippen MR) is 92.7 cm³/mol. The van der Waals surface area contributed by atoms with Gasteiger partial charge in [0.15, 0.2) is 0 Å². The lowest BCUT2D eigenvalue weighted by Crippen LogP contribution is -2.37. The fourth-order valence-corrected chi connectivity index (χ4v) is 3.04. The minimum atomic E-state index is -0.665. The van der Waals surface area contributed by atoms with Gasteiger partial charge in [-0.25, -0.2) is 0 Å². The first-order valence-corrected chi connectivity index (χ1v) is 8.33. The van der Waals surface area contributed by atoms with Crippen molar-refractivity contribution < 1.29 is 14.4 Å². The van der Waals surface area contributed by atoms with E-state index in [2.05, 4.69) is 10.6 Å². The van der Waals surface area contributed by atoms with Crippen LogP contribution < -0.4 is 10.6 Å². The summed E-state index contributed by atoms with van der Waals surface area (Å²) in [7, 11) is 0. The molecule has 2 rings (SSSR count). The average Bonchev–Trinajstić information content (AvgIpc) is 2.92. The Balaban J connectivity index is 1.78. The maximum Gasteiger partial charge on any atom is 0.313 e. The highest BCUT2D eigenvalue weighted by Gasteiger charge is 2.20. The van der Waals surface area contributed by atoms with E-state index in [0.29, 0.717) is 31.6 Å². The summed E-state index contributed by atoms with van der Waals surface area (Å²) < 4.78 is 0. The number of rotatable bonds is 5. The van der Waals surface area contributed by atoms with Crippen LogP contribution in [0.5, 0.6) is 0 Å². The second-order valence-corrected chi connectivity index (χ2v) is 6.32. The molecule has 2 N–H and O–H groups in total. The van der Waals surface area contributed by atoms with Gasteiger partial charge < -0.3 is 15.5 Å². The van der Waals surface area contributed by atoms with Crippen molar-refractivity contribution in [3.8, 4) is 0 Å². The molecule has 0 unspecified atom stereocenters. The summed E-state index contributed by atoms with van der Waals surface area (Å²) in [5, 5.41) is 5.28. The Morgan fingerprint density at radius 3 is 2.38 bits per heavy atom. The van der Waals surface area contributed by atoms with E-state index in [-0.39, 0.29) is 5.91 Å².